The number of nitrogens with zero attached hydrogens (tertiary/aromatic N) is 4. The smallest absolute Gasteiger partial charge is 0.255 e. The number of primary amides is 1. The number of halogens is 1. The quantitative estimate of drug-likeness (QED) is 0.469. The monoisotopic (exact) mass is 446 g/mol. The van der Waals surface area contributed by atoms with Gasteiger partial charge in [-0.15, -0.1) is 15.0 Å². The van der Waals surface area contributed by atoms with Crippen molar-refractivity contribution in [3.05, 3.63) is 94.5 Å². The molecule has 2 amide bonds. The highest BCUT2D eigenvalue weighted by Gasteiger charge is 2.24. The Morgan fingerprint density at radius 3 is 2.38 bits per heavy atom. The third-order valence-electron chi connectivity index (χ3n) is 4.84. The Bertz CT molecular complexity index is 1270. The van der Waals surface area contributed by atoms with E-state index in [1.807, 2.05) is 19.1 Å². The van der Waals surface area contributed by atoms with Gasteiger partial charge in [-0.05, 0) is 54.1 Å². The summed E-state index contributed by atoms with van der Waals surface area (Å²) in [5, 5.41) is 15.9. The summed E-state index contributed by atoms with van der Waals surface area (Å²) in [7, 11) is 0. The van der Waals surface area contributed by atoms with Crippen molar-refractivity contribution in [2.45, 2.75) is 13.0 Å². The molecule has 160 valence electrons. The average Bonchev–Trinajstić information content (AvgIpc) is 3.25. The molecule has 8 nitrogen and oxygen atoms in total. The van der Waals surface area contributed by atoms with Crippen LogP contribution in [0.1, 0.15) is 27.5 Å². The van der Waals surface area contributed by atoms with Crippen LogP contribution < -0.4 is 11.1 Å². The van der Waals surface area contributed by atoms with Crippen molar-refractivity contribution in [1.29, 1.82) is 0 Å². The highest BCUT2D eigenvalue weighted by atomic mass is 35.5. The van der Waals surface area contributed by atoms with Gasteiger partial charge < -0.3 is 11.1 Å². The molecule has 0 radical (unpaired) electrons. The Balaban J connectivity index is 1.64. The minimum Gasteiger partial charge on any atom is -0.367 e. The van der Waals surface area contributed by atoms with Crippen molar-refractivity contribution in [2.75, 3.05) is 5.32 Å². The van der Waals surface area contributed by atoms with Crippen LogP contribution in [-0.4, -0.2) is 32.0 Å². The molecule has 9 heteroatoms. The van der Waals surface area contributed by atoms with Crippen molar-refractivity contribution in [3.8, 4) is 11.4 Å². The summed E-state index contributed by atoms with van der Waals surface area (Å²) in [5.74, 6) is -0.673. The second-order valence-corrected chi connectivity index (χ2v) is 7.59. The van der Waals surface area contributed by atoms with Crippen molar-refractivity contribution in [3.63, 3.8) is 0 Å². The van der Waals surface area contributed by atoms with Crippen LogP contribution >= 0.6 is 11.6 Å². The molecule has 0 fully saturated rings. The van der Waals surface area contributed by atoms with Crippen LogP contribution in [0.2, 0.25) is 5.02 Å². The predicted molar refractivity (Wildman–Crippen MR) is 121 cm³/mol. The molecule has 0 aliphatic heterocycles. The normalized spacial score (nSPS) is 11.7. The van der Waals surface area contributed by atoms with E-state index in [1.165, 1.54) is 4.80 Å². The highest BCUT2D eigenvalue weighted by molar-refractivity contribution is 6.30. The first-order chi connectivity index (χ1) is 15.4. The van der Waals surface area contributed by atoms with Gasteiger partial charge in [-0.3, -0.25) is 9.59 Å². The lowest BCUT2D eigenvalue weighted by atomic mass is 10.1. The summed E-state index contributed by atoms with van der Waals surface area (Å²) in [6.07, 6.45) is 0. The summed E-state index contributed by atoms with van der Waals surface area (Å²) >= 11 is 5.89. The maximum atomic E-state index is 12.6. The first-order valence-electron chi connectivity index (χ1n) is 9.74. The van der Waals surface area contributed by atoms with Crippen LogP contribution in [-0.2, 0) is 4.79 Å². The third kappa shape index (κ3) is 4.50. The van der Waals surface area contributed by atoms with Gasteiger partial charge in [-0.2, -0.15) is 0 Å². The van der Waals surface area contributed by atoms with Crippen molar-refractivity contribution >= 4 is 29.1 Å². The van der Waals surface area contributed by atoms with Crippen molar-refractivity contribution < 1.29 is 9.59 Å². The Kier molecular flexibility index (Phi) is 5.96. The molecule has 0 aliphatic carbocycles. The van der Waals surface area contributed by atoms with E-state index in [1.54, 1.807) is 60.7 Å². The Hall–Kier alpha value is -4.04. The maximum Gasteiger partial charge on any atom is 0.255 e. The fraction of sp³-hybridized carbons (Fsp3) is 0.0870. The topological polar surface area (TPSA) is 116 Å². The molecule has 0 aliphatic rings. The lowest BCUT2D eigenvalue weighted by molar-refractivity contribution is -0.120. The van der Waals surface area contributed by atoms with E-state index in [9.17, 15) is 9.59 Å². The molecule has 0 spiro atoms. The van der Waals surface area contributed by atoms with Crippen LogP contribution in [0, 0.1) is 6.92 Å². The number of rotatable bonds is 6. The SMILES string of the molecule is Cc1ccc(C(C(N)=O)n2nnc(-c3ccccc3NC(=O)c3ccc(Cl)cc3)n2)cc1. The zero-order valence-electron chi connectivity index (χ0n) is 17.1. The standard InChI is InChI=1S/C23H19ClN6O2/c1-14-6-8-15(9-7-14)20(21(25)31)30-28-22(27-29-30)18-4-2-3-5-19(18)26-23(32)16-10-12-17(24)13-11-16/h2-13,20H,1H3,(H2,25,31)(H,26,32). The summed E-state index contributed by atoms with van der Waals surface area (Å²) < 4.78 is 0. The lowest BCUT2D eigenvalue weighted by Gasteiger charge is -2.12. The van der Waals surface area contributed by atoms with E-state index in [0.29, 0.717) is 27.4 Å². The number of amides is 2. The number of aryl methyl sites for hydroxylation is 1. The van der Waals surface area contributed by atoms with Gasteiger partial charge >= 0.3 is 0 Å². The lowest BCUT2D eigenvalue weighted by Crippen LogP contribution is -2.29. The summed E-state index contributed by atoms with van der Waals surface area (Å²) in [5.41, 5.74) is 8.82. The molecule has 1 unspecified atom stereocenters. The van der Waals surface area contributed by atoms with Gasteiger partial charge in [-0.1, -0.05) is 53.6 Å². The zero-order chi connectivity index (χ0) is 22.7. The summed E-state index contributed by atoms with van der Waals surface area (Å²) in [6.45, 7) is 1.95. The van der Waals surface area contributed by atoms with Gasteiger partial charge in [-0.25, -0.2) is 0 Å². The van der Waals surface area contributed by atoms with Crippen molar-refractivity contribution in [2.24, 2.45) is 5.73 Å². The minimum atomic E-state index is -0.910. The number of hydrogen-bond donors (Lipinski definition) is 2. The van der Waals surface area contributed by atoms with Gasteiger partial charge in [0.05, 0.1) is 5.69 Å². The minimum absolute atomic E-state index is 0.246. The van der Waals surface area contributed by atoms with E-state index < -0.39 is 11.9 Å². The third-order valence-corrected chi connectivity index (χ3v) is 5.10. The summed E-state index contributed by atoms with van der Waals surface area (Å²) in [4.78, 5) is 26.0. The van der Waals surface area contributed by atoms with Gasteiger partial charge in [0.1, 0.15) is 0 Å². The molecule has 0 saturated carbocycles. The van der Waals surface area contributed by atoms with Gasteiger partial charge in [0, 0.05) is 16.1 Å². The number of nitrogens with two attached hydrogens (primary N) is 1. The molecule has 3 aromatic carbocycles. The fourth-order valence-corrected chi connectivity index (χ4v) is 3.31. The number of aromatic nitrogens is 4. The molecule has 4 rings (SSSR count). The maximum absolute atomic E-state index is 12.6. The van der Waals surface area contributed by atoms with E-state index in [-0.39, 0.29) is 11.7 Å². The second kappa shape index (κ2) is 8.99. The number of para-hydroxylation sites is 1. The number of anilines is 1. The van der Waals surface area contributed by atoms with Gasteiger partial charge in [0.15, 0.2) is 6.04 Å². The van der Waals surface area contributed by atoms with Gasteiger partial charge in [0.25, 0.3) is 5.91 Å². The first-order valence-corrected chi connectivity index (χ1v) is 10.1. The molecule has 1 atom stereocenters. The molecule has 1 heterocycles. The molecule has 3 N–H and O–H groups in total. The number of tetrazole rings is 1. The zero-order valence-corrected chi connectivity index (χ0v) is 17.8. The van der Waals surface area contributed by atoms with Crippen LogP contribution in [0.15, 0.2) is 72.8 Å². The molecule has 32 heavy (non-hydrogen) atoms. The Morgan fingerprint density at radius 2 is 1.69 bits per heavy atom. The predicted octanol–water partition coefficient (Wildman–Crippen LogP) is 3.63. The Morgan fingerprint density at radius 1 is 1.00 bits per heavy atom. The largest absolute Gasteiger partial charge is 0.367 e. The van der Waals surface area contributed by atoms with Crippen LogP contribution in [0.3, 0.4) is 0 Å². The highest BCUT2D eigenvalue weighted by Crippen LogP contribution is 2.26. The number of benzene rings is 3. The molecule has 0 saturated heterocycles. The van der Waals surface area contributed by atoms with Crippen LogP contribution in [0.4, 0.5) is 5.69 Å². The van der Waals surface area contributed by atoms with Crippen LogP contribution in [0.5, 0.6) is 0 Å². The molecular formula is C23H19ClN6O2. The van der Waals surface area contributed by atoms with Crippen LogP contribution in [0.25, 0.3) is 11.4 Å². The number of hydrogen-bond acceptors (Lipinski definition) is 5. The van der Waals surface area contributed by atoms with E-state index in [2.05, 4.69) is 20.7 Å². The number of carbonyl (C=O) groups excluding carboxylic acids is 2. The number of nitrogens with one attached hydrogen (secondary N) is 1. The summed E-state index contributed by atoms with van der Waals surface area (Å²) in [6, 6.07) is 20.1. The van der Waals surface area contributed by atoms with E-state index in [0.717, 1.165) is 5.56 Å². The molecule has 1 aromatic heterocycles. The fourth-order valence-electron chi connectivity index (χ4n) is 3.19. The number of carbonyl (C=O) groups is 2. The van der Waals surface area contributed by atoms with E-state index in [4.69, 9.17) is 17.3 Å². The average molecular weight is 447 g/mol. The van der Waals surface area contributed by atoms with Crippen molar-refractivity contribution in [1.82, 2.24) is 20.2 Å². The molecular weight excluding hydrogens is 428 g/mol. The van der Waals surface area contributed by atoms with E-state index >= 15 is 0 Å². The molecule has 0 bridgehead atoms. The first kappa shape index (κ1) is 21.2. The second-order valence-electron chi connectivity index (χ2n) is 7.16. The Labute approximate surface area is 189 Å². The molecule has 4 aromatic rings. The van der Waals surface area contributed by atoms with Gasteiger partial charge in [0.2, 0.25) is 11.7 Å².